The molecule has 0 amide bonds. The van der Waals surface area contributed by atoms with Gasteiger partial charge in [-0.1, -0.05) is 24.4 Å². The van der Waals surface area contributed by atoms with Crippen LogP contribution in [-0.4, -0.2) is 19.7 Å². The molecule has 0 aromatic carbocycles. The number of hydrogen-bond acceptors (Lipinski definition) is 3. The molecule has 1 fully saturated rings. The van der Waals surface area contributed by atoms with E-state index in [0.29, 0.717) is 16.9 Å². The lowest BCUT2D eigenvalue weighted by molar-refractivity contribution is 0.690. The summed E-state index contributed by atoms with van der Waals surface area (Å²) in [5, 5.41) is 4.74. The van der Waals surface area contributed by atoms with Gasteiger partial charge in [0.05, 0.1) is 21.9 Å². The van der Waals surface area contributed by atoms with E-state index in [0.717, 1.165) is 21.4 Å². The van der Waals surface area contributed by atoms with Crippen LogP contribution in [0.1, 0.15) is 43.0 Å². The first-order valence-corrected chi connectivity index (χ1v) is 7.97. The van der Waals surface area contributed by atoms with E-state index in [1.807, 2.05) is 18.7 Å². The zero-order valence-corrected chi connectivity index (χ0v) is 13.9. The molecule has 0 unspecified atom stereocenters. The number of aryl methyl sites for hydroxylation is 1. The summed E-state index contributed by atoms with van der Waals surface area (Å²) in [4.78, 5) is 9.17. The molecule has 3 rings (SSSR count). The lowest BCUT2D eigenvalue weighted by atomic mass is 10.0. The second-order valence-electron chi connectivity index (χ2n) is 5.29. The maximum absolute atomic E-state index is 6.28. The average Bonchev–Trinajstić information content (AvgIpc) is 3.05. The van der Waals surface area contributed by atoms with E-state index in [1.165, 1.54) is 25.7 Å². The van der Waals surface area contributed by atoms with Crippen molar-refractivity contribution in [3.05, 3.63) is 27.2 Å². The summed E-state index contributed by atoms with van der Waals surface area (Å²) in [7, 11) is 1.91. The molecule has 0 N–H and O–H groups in total. The van der Waals surface area contributed by atoms with Crippen LogP contribution in [0.3, 0.4) is 0 Å². The van der Waals surface area contributed by atoms with Crippen molar-refractivity contribution < 1.29 is 0 Å². The number of rotatable bonds is 2. The van der Waals surface area contributed by atoms with Crippen molar-refractivity contribution in [2.45, 2.75) is 38.5 Å². The smallest absolute Gasteiger partial charge is 0.164 e. The summed E-state index contributed by atoms with van der Waals surface area (Å²) < 4.78 is 2.67. The summed E-state index contributed by atoms with van der Waals surface area (Å²) >= 11 is 9.82. The molecular formula is C14H16BrClN4. The zero-order valence-electron chi connectivity index (χ0n) is 11.5. The Hall–Kier alpha value is -0.940. The standard InChI is InChI=1S/C14H16BrClN4/c1-8-10(7-17-20(8)2)14-18-12(9-5-3-4-6-9)11(15)13(16)19-14/h7,9H,3-6H2,1-2H3. The third-order valence-corrected chi connectivity index (χ3v) is 5.34. The number of hydrogen-bond donors (Lipinski definition) is 0. The van der Waals surface area contributed by atoms with Crippen molar-refractivity contribution >= 4 is 27.5 Å². The van der Waals surface area contributed by atoms with Gasteiger partial charge in [-0.15, -0.1) is 0 Å². The minimum Gasteiger partial charge on any atom is -0.272 e. The van der Waals surface area contributed by atoms with Crippen LogP contribution in [0.4, 0.5) is 0 Å². The fourth-order valence-corrected chi connectivity index (χ4v) is 3.42. The van der Waals surface area contributed by atoms with Crippen LogP contribution >= 0.6 is 27.5 Å². The molecule has 0 bridgehead atoms. The van der Waals surface area contributed by atoms with Gasteiger partial charge in [-0.05, 0) is 35.7 Å². The summed E-state index contributed by atoms with van der Waals surface area (Å²) in [6.07, 6.45) is 6.68. The van der Waals surface area contributed by atoms with Gasteiger partial charge in [-0.2, -0.15) is 5.10 Å². The van der Waals surface area contributed by atoms with Crippen LogP contribution < -0.4 is 0 Å². The summed E-state index contributed by atoms with van der Waals surface area (Å²) in [5.74, 6) is 1.16. The van der Waals surface area contributed by atoms with Gasteiger partial charge in [0, 0.05) is 18.7 Å². The lowest BCUT2D eigenvalue weighted by Crippen LogP contribution is -2.03. The van der Waals surface area contributed by atoms with Crippen LogP contribution in [0.15, 0.2) is 10.7 Å². The van der Waals surface area contributed by atoms with E-state index in [1.54, 1.807) is 6.20 Å². The molecule has 0 spiro atoms. The van der Waals surface area contributed by atoms with Crippen molar-refractivity contribution in [3.8, 4) is 11.4 Å². The molecule has 0 radical (unpaired) electrons. The Morgan fingerprint density at radius 1 is 1.30 bits per heavy atom. The molecule has 1 aliphatic carbocycles. The molecule has 6 heteroatoms. The predicted molar refractivity (Wildman–Crippen MR) is 82.9 cm³/mol. The fourth-order valence-electron chi connectivity index (χ4n) is 2.74. The van der Waals surface area contributed by atoms with Gasteiger partial charge in [0.1, 0.15) is 5.15 Å². The van der Waals surface area contributed by atoms with E-state index < -0.39 is 0 Å². The van der Waals surface area contributed by atoms with E-state index in [9.17, 15) is 0 Å². The summed E-state index contributed by atoms with van der Waals surface area (Å²) in [6, 6.07) is 0. The quantitative estimate of drug-likeness (QED) is 0.756. The van der Waals surface area contributed by atoms with Gasteiger partial charge in [0.15, 0.2) is 5.82 Å². The molecule has 2 aromatic heterocycles. The van der Waals surface area contributed by atoms with Crippen LogP contribution in [0.2, 0.25) is 5.15 Å². The Bertz CT molecular complexity index is 647. The Balaban J connectivity index is 2.10. The highest BCUT2D eigenvalue weighted by atomic mass is 79.9. The molecule has 2 aromatic rings. The van der Waals surface area contributed by atoms with Gasteiger partial charge in [-0.25, -0.2) is 9.97 Å². The van der Waals surface area contributed by atoms with Crippen LogP contribution in [0, 0.1) is 6.92 Å². The summed E-state index contributed by atoms with van der Waals surface area (Å²) in [6.45, 7) is 2.01. The molecule has 106 valence electrons. The first-order chi connectivity index (χ1) is 9.58. The first kappa shape index (κ1) is 14.0. The maximum Gasteiger partial charge on any atom is 0.164 e. The fraction of sp³-hybridized carbons (Fsp3) is 0.500. The van der Waals surface area contributed by atoms with Gasteiger partial charge in [0.25, 0.3) is 0 Å². The molecule has 20 heavy (non-hydrogen) atoms. The molecule has 0 aliphatic heterocycles. The van der Waals surface area contributed by atoms with Crippen LogP contribution in [-0.2, 0) is 7.05 Å². The van der Waals surface area contributed by atoms with E-state index in [2.05, 4.69) is 26.0 Å². The minimum absolute atomic E-state index is 0.486. The minimum atomic E-state index is 0.486. The Morgan fingerprint density at radius 3 is 2.60 bits per heavy atom. The van der Waals surface area contributed by atoms with Gasteiger partial charge in [-0.3, -0.25) is 4.68 Å². The Labute approximate surface area is 131 Å². The van der Waals surface area contributed by atoms with Crippen molar-refractivity contribution in [1.29, 1.82) is 0 Å². The first-order valence-electron chi connectivity index (χ1n) is 6.80. The Kier molecular flexibility index (Phi) is 3.82. The molecule has 1 saturated carbocycles. The molecule has 4 nitrogen and oxygen atoms in total. The molecule has 0 atom stereocenters. The van der Waals surface area contributed by atoms with Gasteiger partial charge >= 0.3 is 0 Å². The normalized spacial score (nSPS) is 16.0. The van der Waals surface area contributed by atoms with Crippen LogP contribution in [0.5, 0.6) is 0 Å². The number of aromatic nitrogens is 4. The van der Waals surface area contributed by atoms with E-state index >= 15 is 0 Å². The highest BCUT2D eigenvalue weighted by molar-refractivity contribution is 9.10. The van der Waals surface area contributed by atoms with Gasteiger partial charge < -0.3 is 0 Å². The third kappa shape index (κ3) is 2.37. The molecule has 1 aliphatic rings. The predicted octanol–water partition coefficient (Wildman–Crippen LogP) is 4.26. The number of halogens is 2. The van der Waals surface area contributed by atoms with Crippen molar-refractivity contribution in [1.82, 2.24) is 19.7 Å². The lowest BCUT2D eigenvalue weighted by Gasteiger charge is -2.13. The van der Waals surface area contributed by atoms with Crippen molar-refractivity contribution in [2.24, 2.45) is 7.05 Å². The number of nitrogens with zero attached hydrogens (tertiary/aromatic N) is 4. The highest BCUT2D eigenvalue weighted by Gasteiger charge is 2.24. The SMILES string of the molecule is Cc1c(-c2nc(Cl)c(Br)c(C3CCCC3)n2)cnn1C. The second-order valence-corrected chi connectivity index (χ2v) is 6.44. The molecular weight excluding hydrogens is 340 g/mol. The average molecular weight is 356 g/mol. The van der Waals surface area contributed by atoms with Crippen molar-refractivity contribution in [2.75, 3.05) is 0 Å². The maximum atomic E-state index is 6.28. The largest absolute Gasteiger partial charge is 0.272 e. The third-order valence-electron chi connectivity index (χ3n) is 4.05. The van der Waals surface area contributed by atoms with Crippen LogP contribution in [0.25, 0.3) is 11.4 Å². The summed E-state index contributed by atoms with van der Waals surface area (Å²) in [5.41, 5.74) is 3.03. The molecule has 2 heterocycles. The van der Waals surface area contributed by atoms with Crippen molar-refractivity contribution in [3.63, 3.8) is 0 Å². The Morgan fingerprint density at radius 2 is 2.00 bits per heavy atom. The van der Waals surface area contributed by atoms with E-state index in [4.69, 9.17) is 16.6 Å². The zero-order chi connectivity index (χ0) is 14.3. The topological polar surface area (TPSA) is 43.6 Å². The molecule has 0 saturated heterocycles. The van der Waals surface area contributed by atoms with Gasteiger partial charge in [0.2, 0.25) is 0 Å². The highest BCUT2D eigenvalue weighted by Crippen LogP contribution is 2.39. The second kappa shape index (κ2) is 5.45. The van der Waals surface area contributed by atoms with E-state index in [-0.39, 0.29) is 0 Å². The monoisotopic (exact) mass is 354 g/mol.